The van der Waals surface area contributed by atoms with E-state index in [2.05, 4.69) is 10.6 Å². The van der Waals surface area contributed by atoms with E-state index in [4.69, 9.17) is 0 Å². The highest BCUT2D eigenvalue weighted by Gasteiger charge is 2.14. The van der Waals surface area contributed by atoms with Crippen LogP contribution in [0.15, 0.2) is 53.4 Å². The summed E-state index contributed by atoms with van der Waals surface area (Å²) in [6.07, 6.45) is 0. The summed E-state index contributed by atoms with van der Waals surface area (Å²) < 4.78 is 0. The van der Waals surface area contributed by atoms with Crippen molar-refractivity contribution in [1.29, 1.82) is 0 Å². The number of rotatable bonds is 5. The van der Waals surface area contributed by atoms with Crippen LogP contribution in [0.3, 0.4) is 0 Å². The van der Waals surface area contributed by atoms with Crippen molar-refractivity contribution in [2.75, 3.05) is 10.6 Å². The maximum Gasteiger partial charge on any atom is 0.237 e. The van der Waals surface area contributed by atoms with E-state index in [1.807, 2.05) is 38.1 Å². The van der Waals surface area contributed by atoms with Gasteiger partial charge < -0.3 is 10.6 Å². The van der Waals surface area contributed by atoms with Gasteiger partial charge >= 0.3 is 0 Å². The molecule has 0 aliphatic rings. The van der Waals surface area contributed by atoms with Crippen LogP contribution in [0.5, 0.6) is 0 Å². The van der Waals surface area contributed by atoms with Crippen molar-refractivity contribution >= 4 is 35.0 Å². The maximum atomic E-state index is 12.2. The minimum absolute atomic E-state index is 0.0529. The largest absolute Gasteiger partial charge is 0.326 e. The normalized spacial score (nSPS) is 11.6. The summed E-state index contributed by atoms with van der Waals surface area (Å²) >= 11 is 1.52. The third kappa shape index (κ3) is 5.45. The molecule has 0 spiro atoms. The Morgan fingerprint density at radius 2 is 1.43 bits per heavy atom. The van der Waals surface area contributed by atoms with E-state index in [9.17, 15) is 9.59 Å². The van der Waals surface area contributed by atoms with Gasteiger partial charge in [-0.25, -0.2) is 0 Å². The molecule has 0 bridgehead atoms. The number of aryl methyl sites for hydroxylation is 1. The van der Waals surface area contributed by atoms with Crippen molar-refractivity contribution < 1.29 is 9.59 Å². The fourth-order valence-electron chi connectivity index (χ4n) is 1.96. The van der Waals surface area contributed by atoms with Gasteiger partial charge in [-0.1, -0.05) is 17.7 Å². The molecule has 1 unspecified atom stereocenters. The zero-order chi connectivity index (χ0) is 16.8. The zero-order valence-corrected chi connectivity index (χ0v) is 14.2. The second-order valence-electron chi connectivity index (χ2n) is 5.32. The first-order valence-electron chi connectivity index (χ1n) is 7.36. The highest BCUT2D eigenvalue weighted by atomic mass is 32.2. The van der Waals surface area contributed by atoms with Crippen LogP contribution in [0.25, 0.3) is 0 Å². The fraction of sp³-hybridized carbons (Fsp3) is 0.222. The SMILES string of the molecule is CC(=O)Nc1ccc(NC(=O)C(C)Sc2ccc(C)cc2)cc1. The number of carbonyl (C=O) groups is 2. The molecule has 0 heterocycles. The average Bonchev–Trinajstić information content (AvgIpc) is 2.51. The van der Waals surface area contributed by atoms with Gasteiger partial charge in [0.05, 0.1) is 5.25 Å². The van der Waals surface area contributed by atoms with Gasteiger partial charge in [-0.15, -0.1) is 11.8 Å². The Kier molecular flexibility index (Phi) is 5.82. The molecule has 0 radical (unpaired) electrons. The minimum atomic E-state index is -0.201. The van der Waals surface area contributed by atoms with Crippen molar-refractivity contribution in [3.05, 3.63) is 54.1 Å². The molecule has 1 atom stereocenters. The molecular formula is C18H20N2O2S. The second kappa shape index (κ2) is 7.83. The number of carbonyl (C=O) groups excluding carboxylic acids is 2. The fourth-order valence-corrected chi connectivity index (χ4v) is 2.83. The van der Waals surface area contributed by atoms with E-state index < -0.39 is 0 Å². The van der Waals surface area contributed by atoms with Gasteiger partial charge in [0, 0.05) is 23.2 Å². The first-order chi connectivity index (χ1) is 10.9. The number of nitrogens with one attached hydrogen (secondary N) is 2. The number of benzene rings is 2. The molecule has 0 saturated carbocycles. The number of hydrogen-bond acceptors (Lipinski definition) is 3. The predicted octanol–water partition coefficient (Wildman–Crippen LogP) is 4.07. The van der Waals surface area contributed by atoms with Crippen molar-refractivity contribution in [2.45, 2.75) is 30.9 Å². The molecule has 0 saturated heterocycles. The third-order valence-electron chi connectivity index (χ3n) is 3.18. The molecule has 120 valence electrons. The lowest BCUT2D eigenvalue weighted by atomic mass is 10.2. The quantitative estimate of drug-likeness (QED) is 0.813. The highest BCUT2D eigenvalue weighted by molar-refractivity contribution is 8.00. The number of anilines is 2. The summed E-state index contributed by atoms with van der Waals surface area (Å²) in [6.45, 7) is 5.38. The van der Waals surface area contributed by atoms with Crippen molar-refractivity contribution in [1.82, 2.24) is 0 Å². The van der Waals surface area contributed by atoms with Gasteiger partial charge in [0.1, 0.15) is 0 Å². The molecule has 23 heavy (non-hydrogen) atoms. The molecule has 2 aromatic carbocycles. The number of amides is 2. The lowest BCUT2D eigenvalue weighted by Gasteiger charge is -2.12. The topological polar surface area (TPSA) is 58.2 Å². The predicted molar refractivity (Wildman–Crippen MR) is 95.9 cm³/mol. The monoisotopic (exact) mass is 328 g/mol. The molecule has 0 aromatic heterocycles. The Morgan fingerprint density at radius 3 is 1.96 bits per heavy atom. The highest BCUT2D eigenvalue weighted by Crippen LogP contribution is 2.24. The van der Waals surface area contributed by atoms with Crippen LogP contribution in [-0.2, 0) is 9.59 Å². The van der Waals surface area contributed by atoms with Crippen LogP contribution >= 0.6 is 11.8 Å². The molecular weight excluding hydrogens is 308 g/mol. The zero-order valence-electron chi connectivity index (χ0n) is 13.4. The molecule has 0 fully saturated rings. The van der Waals surface area contributed by atoms with Crippen molar-refractivity contribution in [2.24, 2.45) is 0 Å². The second-order valence-corrected chi connectivity index (χ2v) is 6.74. The van der Waals surface area contributed by atoms with Gasteiger partial charge in [0.25, 0.3) is 0 Å². The van der Waals surface area contributed by atoms with E-state index in [1.54, 1.807) is 24.3 Å². The van der Waals surface area contributed by atoms with E-state index in [-0.39, 0.29) is 17.1 Å². The summed E-state index contributed by atoms with van der Waals surface area (Å²) in [7, 11) is 0. The Morgan fingerprint density at radius 1 is 0.913 bits per heavy atom. The molecule has 2 rings (SSSR count). The lowest BCUT2D eigenvalue weighted by Crippen LogP contribution is -2.22. The molecule has 2 aromatic rings. The maximum absolute atomic E-state index is 12.2. The van der Waals surface area contributed by atoms with Gasteiger partial charge in [0.15, 0.2) is 0 Å². The van der Waals surface area contributed by atoms with Gasteiger partial charge in [-0.05, 0) is 50.2 Å². The summed E-state index contributed by atoms with van der Waals surface area (Å²) in [5.74, 6) is -0.173. The molecule has 5 heteroatoms. The summed E-state index contributed by atoms with van der Waals surface area (Å²) in [6, 6.07) is 15.2. The smallest absolute Gasteiger partial charge is 0.237 e. The Bertz CT molecular complexity index is 681. The van der Waals surface area contributed by atoms with E-state index in [0.717, 1.165) is 4.90 Å². The van der Waals surface area contributed by atoms with E-state index in [0.29, 0.717) is 11.4 Å². The third-order valence-corrected chi connectivity index (χ3v) is 4.29. The molecule has 2 N–H and O–H groups in total. The minimum Gasteiger partial charge on any atom is -0.326 e. The Hall–Kier alpha value is -2.27. The van der Waals surface area contributed by atoms with Crippen LogP contribution < -0.4 is 10.6 Å². The number of hydrogen-bond donors (Lipinski definition) is 2. The molecule has 4 nitrogen and oxygen atoms in total. The van der Waals surface area contributed by atoms with Gasteiger partial charge in [0.2, 0.25) is 11.8 Å². The Balaban J connectivity index is 1.92. The van der Waals surface area contributed by atoms with Crippen LogP contribution in [0, 0.1) is 6.92 Å². The number of thioether (sulfide) groups is 1. The van der Waals surface area contributed by atoms with Gasteiger partial charge in [-0.3, -0.25) is 9.59 Å². The van der Waals surface area contributed by atoms with E-state index in [1.165, 1.54) is 24.2 Å². The van der Waals surface area contributed by atoms with Crippen LogP contribution in [-0.4, -0.2) is 17.1 Å². The summed E-state index contributed by atoms with van der Waals surface area (Å²) in [5, 5.41) is 5.37. The first kappa shape index (κ1) is 17.1. The van der Waals surface area contributed by atoms with Gasteiger partial charge in [-0.2, -0.15) is 0 Å². The first-order valence-corrected chi connectivity index (χ1v) is 8.24. The van der Waals surface area contributed by atoms with E-state index >= 15 is 0 Å². The van der Waals surface area contributed by atoms with Crippen LogP contribution in [0.4, 0.5) is 11.4 Å². The van der Waals surface area contributed by atoms with Crippen LogP contribution in [0.1, 0.15) is 19.4 Å². The van der Waals surface area contributed by atoms with Crippen molar-refractivity contribution in [3.8, 4) is 0 Å². The summed E-state index contributed by atoms with van der Waals surface area (Å²) in [4.78, 5) is 24.3. The summed E-state index contributed by atoms with van der Waals surface area (Å²) in [5.41, 5.74) is 2.61. The lowest BCUT2D eigenvalue weighted by molar-refractivity contribution is -0.115. The molecule has 2 amide bonds. The molecule has 0 aliphatic carbocycles. The average molecular weight is 328 g/mol. The van der Waals surface area contributed by atoms with Crippen LogP contribution in [0.2, 0.25) is 0 Å². The van der Waals surface area contributed by atoms with Crippen molar-refractivity contribution in [3.63, 3.8) is 0 Å². The standard InChI is InChI=1S/C18H20N2O2S/c1-12-4-10-17(11-5-12)23-13(2)18(22)20-16-8-6-15(7-9-16)19-14(3)21/h4-11,13H,1-3H3,(H,19,21)(H,20,22). The molecule has 0 aliphatic heterocycles. The Labute approximate surface area is 140 Å².